The first kappa shape index (κ1) is 12.4. The first-order valence-electron chi connectivity index (χ1n) is 5.40. The van der Waals surface area contributed by atoms with E-state index in [0.29, 0.717) is 23.5 Å². The van der Waals surface area contributed by atoms with Gasteiger partial charge in [-0.25, -0.2) is 4.98 Å². The van der Waals surface area contributed by atoms with E-state index in [-0.39, 0.29) is 0 Å². The highest BCUT2D eigenvalue weighted by Crippen LogP contribution is 2.20. The number of hydrogen-bond donors (Lipinski definition) is 3. The molecule has 1 heterocycles. The van der Waals surface area contributed by atoms with Crippen molar-refractivity contribution in [3.05, 3.63) is 39.8 Å². The number of nitrogens with one attached hydrogen (secondary N) is 1. The van der Waals surface area contributed by atoms with Gasteiger partial charge < -0.3 is 16.8 Å². The second kappa shape index (κ2) is 5.05. The Morgan fingerprint density at radius 2 is 2.28 bits per heavy atom. The Bertz CT molecular complexity index is 579. The van der Waals surface area contributed by atoms with E-state index in [1.807, 2.05) is 12.3 Å². The van der Waals surface area contributed by atoms with Crippen molar-refractivity contribution < 1.29 is 4.79 Å². The van der Waals surface area contributed by atoms with Crippen molar-refractivity contribution >= 4 is 28.6 Å². The third kappa shape index (κ3) is 2.78. The number of carbonyl (C=O) groups excluding carboxylic acids is 1. The van der Waals surface area contributed by atoms with E-state index in [9.17, 15) is 4.79 Å². The fourth-order valence-electron chi connectivity index (χ4n) is 1.58. The number of anilines is 2. The average Bonchev–Trinajstić information content (AvgIpc) is 2.72. The van der Waals surface area contributed by atoms with Gasteiger partial charge in [0.2, 0.25) is 0 Å². The van der Waals surface area contributed by atoms with Crippen LogP contribution >= 0.6 is 11.3 Å². The van der Waals surface area contributed by atoms with Gasteiger partial charge in [0.15, 0.2) is 0 Å². The first-order valence-corrected chi connectivity index (χ1v) is 6.28. The molecule has 0 bridgehead atoms. The summed E-state index contributed by atoms with van der Waals surface area (Å²) in [6.07, 6.45) is 0. The summed E-state index contributed by atoms with van der Waals surface area (Å²) in [6, 6.07) is 4.96. The Hall–Kier alpha value is -2.08. The highest BCUT2D eigenvalue weighted by Gasteiger charge is 2.08. The number of nitrogens with zero attached hydrogens (tertiary/aromatic N) is 1. The van der Waals surface area contributed by atoms with Crippen molar-refractivity contribution in [1.29, 1.82) is 0 Å². The van der Waals surface area contributed by atoms with Crippen LogP contribution in [0.4, 0.5) is 11.4 Å². The molecule has 0 atom stereocenters. The molecule has 6 heteroatoms. The van der Waals surface area contributed by atoms with E-state index in [2.05, 4.69) is 10.3 Å². The topological polar surface area (TPSA) is 94.0 Å². The number of thiazole rings is 1. The molecule has 94 valence electrons. The summed E-state index contributed by atoms with van der Waals surface area (Å²) in [5.41, 5.74) is 13.6. The summed E-state index contributed by atoms with van der Waals surface area (Å²) < 4.78 is 0. The third-order valence-electron chi connectivity index (χ3n) is 2.41. The number of amides is 1. The van der Waals surface area contributed by atoms with Crippen LogP contribution < -0.4 is 16.8 Å². The van der Waals surface area contributed by atoms with Crippen molar-refractivity contribution in [3.63, 3.8) is 0 Å². The smallest absolute Gasteiger partial charge is 0.250 e. The van der Waals surface area contributed by atoms with Crippen molar-refractivity contribution in [2.45, 2.75) is 13.5 Å². The number of hydrogen-bond acceptors (Lipinski definition) is 5. The lowest BCUT2D eigenvalue weighted by atomic mass is 10.1. The maximum absolute atomic E-state index is 11.3. The number of nitrogen functional groups attached to an aromatic ring is 1. The lowest BCUT2D eigenvalue weighted by Gasteiger charge is -2.09. The highest BCUT2D eigenvalue weighted by molar-refractivity contribution is 7.09. The molecule has 0 fully saturated rings. The molecule has 0 aliphatic heterocycles. The van der Waals surface area contributed by atoms with Gasteiger partial charge in [0, 0.05) is 22.4 Å². The van der Waals surface area contributed by atoms with Crippen LogP contribution in [-0.2, 0) is 6.54 Å². The van der Waals surface area contributed by atoms with E-state index in [1.54, 1.807) is 29.5 Å². The number of aryl methyl sites for hydroxylation is 1. The summed E-state index contributed by atoms with van der Waals surface area (Å²) in [5, 5.41) is 6.06. The zero-order valence-electron chi connectivity index (χ0n) is 9.93. The molecule has 0 saturated heterocycles. The molecule has 0 radical (unpaired) electrons. The molecule has 18 heavy (non-hydrogen) atoms. The standard InChI is InChI=1S/C12H14N4OS/c1-7-6-18-11(16-7)5-15-10-4-8(13)2-3-9(10)12(14)17/h2-4,6,15H,5,13H2,1H3,(H2,14,17). The minimum Gasteiger partial charge on any atom is -0.399 e. The molecule has 0 unspecified atom stereocenters. The Kier molecular flexibility index (Phi) is 3.47. The van der Waals surface area contributed by atoms with Crippen LogP contribution in [0.5, 0.6) is 0 Å². The Morgan fingerprint density at radius 1 is 1.50 bits per heavy atom. The Labute approximate surface area is 109 Å². The maximum Gasteiger partial charge on any atom is 0.250 e. The molecule has 0 aliphatic carbocycles. The van der Waals surface area contributed by atoms with Gasteiger partial charge in [0.1, 0.15) is 5.01 Å². The quantitative estimate of drug-likeness (QED) is 0.731. The molecule has 1 amide bonds. The zero-order valence-corrected chi connectivity index (χ0v) is 10.8. The summed E-state index contributed by atoms with van der Waals surface area (Å²) in [5.74, 6) is -0.479. The van der Waals surface area contributed by atoms with Gasteiger partial charge in [-0.15, -0.1) is 11.3 Å². The summed E-state index contributed by atoms with van der Waals surface area (Å²) >= 11 is 1.57. The fourth-order valence-corrected chi connectivity index (χ4v) is 2.29. The number of benzene rings is 1. The predicted octanol–water partition coefficient (Wildman–Crippen LogP) is 1.74. The monoisotopic (exact) mass is 262 g/mol. The van der Waals surface area contributed by atoms with E-state index < -0.39 is 5.91 Å². The minimum atomic E-state index is -0.479. The van der Waals surface area contributed by atoms with Crippen molar-refractivity contribution in [2.24, 2.45) is 5.73 Å². The normalized spacial score (nSPS) is 10.3. The van der Waals surface area contributed by atoms with E-state index in [0.717, 1.165) is 10.7 Å². The molecule has 1 aromatic heterocycles. The maximum atomic E-state index is 11.3. The molecule has 5 N–H and O–H groups in total. The molecule has 0 spiro atoms. The third-order valence-corrected chi connectivity index (χ3v) is 3.37. The Balaban J connectivity index is 2.17. The summed E-state index contributed by atoms with van der Waals surface area (Å²) in [4.78, 5) is 15.6. The number of carbonyl (C=O) groups is 1. The highest BCUT2D eigenvalue weighted by atomic mass is 32.1. The second-order valence-electron chi connectivity index (χ2n) is 3.91. The number of nitrogens with two attached hydrogens (primary N) is 2. The molecule has 2 rings (SSSR count). The molecule has 5 nitrogen and oxygen atoms in total. The SMILES string of the molecule is Cc1csc(CNc2cc(N)ccc2C(N)=O)n1. The zero-order chi connectivity index (χ0) is 13.1. The lowest BCUT2D eigenvalue weighted by Crippen LogP contribution is -2.14. The molecule has 0 saturated carbocycles. The van der Waals surface area contributed by atoms with Gasteiger partial charge in [-0.05, 0) is 25.1 Å². The molecule has 1 aromatic carbocycles. The van der Waals surface area contributed by atoms with Crippen LogP contribution in [0.15, 0.2) is 23.6 Å². The van der Waals surface area contributed by atoms with Gasteiger partial charge in [-0.3, -0.25) is 4.79 Å². The van der Waals surface area contributed by atoms with E-state index in [1.165, 1.54) is 0 Å². The number of aromatic nitrogens is 1. The molecule has 0 aliphatic rings. The van der Waals surface area contributed by atoms with Crippen molar-refractivity contribution in [2.75, 3.05) is 11.1 Å². The lowest BCUT2D eigenvalue weighted by molar-refractivity contribution is 0.100. The summed E-state index contributed by atoms with van der Waals surface area (Å²) in [6.45, 7) is 2.48. The molecular weight excluding hydrogens is 248 g/mol. The first-order chi connectivity index (χ1) is 8.56. The summed E-state index contributed by atoms with van der Waals surface area (Å²) in [7, 11) is 0. The molecular formula is C12H14N4OS. The van der Waals surface area contributed by atoms with Gasteiger partial charge in [0.25, 0.3) is 5.91 Å². The number of rotatable bonds is 4. The molecule has 2 aromatic rings. The largest absolute Gasteiger partial charge is 0.399 e. The van der Waals surface area contributed by atoms with Gasteiger partial charge in [-0.1, -0.05) is 0 Å². The van der Waals surface area contributed by atoms with Crippen LogP contribution in [-0.4, -0.2) is 10.9 Å². The minimum absolute atomic E-state index is 0.428. The van der Waals surface area contributed by atoms with Crippen molar-refractivity contribution in [3.8, 4) is 0 Å². The van der Waals surface area contributed by atoms with Crippen LogP contribution in [0.25, 0.3) is 0 Å². The second-order valence-corrected chi connectivity index (χ2v) is 4.85. The average molecular weight is 262 g/mol. The predicted molar refractivity (Wildman–Crippen MR) is 73.5 cm³/mol. The Morgan fingerprint density at radius 3 is 2.89 bits per heavy atom. The van der Waals surface area contributed by atoms with Gasteiger partial charge in [0.05, 0.1) is 12.1 Å². The van der Waals surface area contributed by atoms with Gasteiger partial charge in [-0.2, -0.15) is 0 Å². The van der Waals surface area contributed by atoms with Crippen LogP contribution in [0, 0.1) is 6.92 Å². The number of primary amides is 1. The van der Waals surface area contributed by atoms with Gasteiger partial charge >= 0.3 is 0 Å². The van der Waals surface area contributed by atoms with Crippen molar-refractivity contribution in [1.82, 2.24) is 4.98 Å². The van der Waals surface area contributed by atoms with Crippen LogP contribution in [0.2, 0.25) is 0 Å². The van der Waals surface area contributed by atoms with E-state index in [4.69, 9.17) is 11.5 Å². The van der Waals surface area contributed by atoms with Crippen LogP contribution in [0.3, 0.4) is 0 Å². The fraction of sp³-hybridized carbons (Fsp3) is 0.167. The van der Waals surface area contributed by atoms with E-state index >= 15 is 0 Å². The van der Waals surface area contributed by atoms with Crippen LogP contribution in [0.1, 0.15) is 21.1 Å².